The van der Waals surface area contributed by atoms with Crippen molar-refractivity contribution in [2.24, 2.45) is 7.05 Å². The van der Waals surface area contributed by atoms with E-state index in [4.69, 9.17) is 14.6 Å². The molecule has 0 aliphatic carbocycles. The number of benzene rings is 1. The van der Waals surface area contributed by atoms with E-state index in [1.807, 2.05) is 23.7 Å². The number of imidazole rings is 1. The van der Waals surface area contributed by atoms with E-state index >= 15 is 0 Å². The second-order valence-electron chi connectivity index (χ2n) is 4.01. The van der Waals surface area contributed by atoms with Gasteiger partial charge in [-0.15, -0.1) is 0 Å². The second kappa shape index (κ2) is 4.70. The van der Waals surface area contributed by atoms with Gasteiger partial charge in [0.1, 0.15) is 13.2 Å². The van der Waals surface area contributed by atoms with Crippen LogP contribution in [0, 0.1) is 0 Å². The molecule has 0 saturated carbocycles. The highest BCUT2D eigenvalue weighted by Crippen LogP contribution is 2.35. The molecule has 1 N–H and O–H groups in total. The van der Waals surface area contributed by atoms with Gasteiger partial charge in [0.15, 0.2) is 16.7 Å². The number of aliphatic hydroxyl groups excluding tert-OH is 1. The summed E-state index contributed by atoms with van der Waals surface area (Å²) in [7, 11) is 1.96. The third kappa shape index (κ3) is 1.91. The fourth-order valence-corrected chi connectivity index (χ4v) is 2.70. The molecule has 2 aromatic rings. The zero-order chi connectivity index (χ0) is 12.5. The standard InChI is InChI=1S/C12H14N2O3S/c1-14-9-7-11-10(16-3-4-17-11)6-8(9)13-12(14)18-5-2-15/h6-7,15H,2-5H2,1H3. The number of aryl methyl sites for hydroxylation is 1. The molecule has 0 atom stereocenters. The summed E-state index contributed by atoms with van der Waals surface area (Å²) >= 11 is 1.54. The molecule has 18 heavy (non-hydrogen) atoms. The number of hydrogen-bond acceptors (Lipinski definition) is 5. The van der Waals surface area contributed by atoms with Crippen LogP contribution in [0.25, 0.3) is 11.0 Å². The lowest BCUT2D eigenvalue weighted by Gasteiger charge is -2.18. The summed E-state index contributed by atoms with van der Waals surface area (Å²) in [4.78, 5) is 4.54. The van der Waals surface area contributed by atoms with Gasteiger partial charge in [-0.2, -0.15) is 0 Å². The van der Waals surface area contributed by atoms with E-state index in [1.165, 1.54) is 11.8 Å². The van der Waals surface area contributed by atoms with Gasteiger partial charge in [0.25, 0.3) is 0 Å². The summed E-state index contributed by atoms with van der Waals surface area (Å²) < 4.78 is 13.1. The molecular weight excluding hydrogens is 252 g/mol. The predicted molar refractivity (Wildman–Crippen MR) is 69.5 cm³/mol. The van der Waals surface area contributed by atoms with Crippen LogP contribution in [-0.2, 0) is 7.05 Å². The van der Waals surface area contributed by atoms with E-state index in [-0.39, 0.29) is 6.61 Å². The largest absolute Gasteiger partial charge is 0.486 e. The van der Waals surface area contributed by atoms with Crippen LogP contribution >= 0.6 is 11.8 Å². The van der Waals surface area contributed by atoms with Crippen molar-refractivity contribution in [1.29, 1.82) is 0 Å². The Morgan fingerprint density at radius 3 is 2.78 bits per heavy atom. The number of ether oxygens (including phenoxy) is 2. The van der Waals surface area contributed by atoms with Crippen LogP contribution in [0.1, 0.15) is 0 Å². The highest BCUT2D eigenvalue weighted by Gasteiger charge is 2.16. The zero-order valence-corrected chi connectivity index (χ0v) is 10.9. The third-order valence-corrected chi connectivity index (χ3v) is 3.84. The average Bonchev–Trinajstić information content (AvgIpc) is 2.70. The molecular formula is C12H14N2O3S. The van der Waals surface area contributed by atoms with Gasteiger partial charge in [-0.3, -0.25) is 0 Å². The van der Waals surface area contributed by atoms with Crippen LogP contribution in [0.2, 0.25) is 0 Å². The van der Waals surface area contributed by atoms with E-state index in [9.17, 15) is 0 Å². The molecule has 0 spiro atoms. The monoisotopic (exact) mass is 266 g/mol. The van der Waals surface area contributed by atoms with Crippen molar-refractivity contribution in [2.75, 3.05) is 25.6 Å². The van der Waals surface area contributed by atoms with Crippen molar-refractivity contribution in [1.82, 2.24) is 9.55 Å². The van der Waals surface area contributed by atoms with Crippen molar-refractivity contribution < 1.29 is 14.6 Å². The van der Waals surface area contributed by atoms with E-state index in [0.717, 1.165) is 27.7 Å². The third-order valence-electron chi connectivity index (χ3n) is 2.83. The molecule has 0 saturated heterocycles. The first-order chi connectivity index (χ1) is 8.79. The summed E-state index contributed by atoms with van der Waals surface area (Å²) in [6, 6.07) is 3.87. The highest BCUT2D eigenvalue weighted by molar-refractivity contribution is 7.99. The number of aliphatic hydroxyl groups is 1. The predicted octanol–water partition coefficient (Wildman–Crippen LogP) is 1.43. The molecule has 1 aliphatic heterocycles. The summed E-state index contributed by atoms with van der Waals surface area (Å²) in [5, 5.41) is 9.76. The first kappa shape index (κ1) is 11.7. The number of nitrogens with zero attached hydrogens (tertiary/aromatic N) is 2. The Hall–Kier alpha value is -1.40. The Labute approximate surface area is 109 Å². The second-order valence-corrected chi connectivity index (χ2v) is 5.07. The van der Waals surface area contributed by atoms with Crippen LogP contribution < -0.4 is 9.47 Å². The van der Waals surface area contributed by atoms with Gasteiger partial charge in [-0.05, 0) is 0 Å². The number of fused-ring (bicyclic) bond motifs is 2. The molecule has 1 aromatic heterocycles. The first-order valence-corrected chi connectivity index (χ1v) is 6.78. The van der Waals surface area contributed by atoms with Crippen LogP contribution in [0.3, 0.4) is 0 Å². The summed E-state index contributed by atoms with van der Waals surface area (Å²) in [6.07, 6.45) is 0. The van der Waals surface area contributed by atoms with Gasteiger partial charge in [-0.1, -0.05) is 11.8 Å². The maximum atomic E-state index is 8.87. The summed E-state index contributed by atoms with van der Waals surface area (Å²) in [5.41, 5.74) is 1.90. The SMILES string of the molecule is Cn1c(SCCO)nc2cc3c(cc21)OCCO3. The molecule has 0 bridgehead atoms. The van der Waals surface area contributed by atoms with Crippen LogP contribution in [0.5, 0.6) is 11.5 Å². The van der Waals surface area contributed by atoms with E-state index < -0.39 is 0 Å². The van der Waals surface area contributed by atoms with Crippen molar-refractivity contribution >= 4 is 22.8 Å². The maximum absolute atomic E-state index is 8.87. The van der Waals surface area contributed by atoms with Gasteiger partial charge in [0.2, 0.25) is 0 Å². The van der Waals surface area contributed by atoms with E-state index in [2.05, 4.69) is 4.98 Å². The lowest BCUT2D eigenvalue weighted by Crippen LogP contribution is -2.15. The number of thioether (sulfide) groups is 1. The maximum Gasteiger partial charge on any atom is 0.168 e. The Morgan fingerprint density at radius 1 is 1.33 bits per heavy atom. The average molecular weight is 266 g/mol. The zero-order valence-electron chi connectivity index (χ0n) is 10.0. The van der Waals surface area contributed by atoms with Crippen LogP contribution in [0.4, 0.5) is 0 Å². The molecule has 3 rings (SSSR count). The topological polar surface area (TPSA) is 56.5 Å². The minimum Gasteiger partial charge on any atom is -0.486 e. The van der Waals surface area contributed by atoms with Crippen LogP contribution in [0.15, 0.2) is 17.3 Å². The fraction of sp³-hybridized carbons (Fsp3) is 0.417. The van der Waals surface area contributed by atoms with Gasteiger partial charge < -0.3 is 19.1 Å². The molecule has 6 heteroatoms. The van der Waals surface area contributed by atoms with E-state index in [1.54, 1.807) is 0 Å². The minimum atomic E-state index is 0.149. The molecule has 0 fully saturated rings. The Balaban J connectivity index is 2.06. The lowest BCUT2D eigenvalue weighted by atomic mass is 10.2. The smallest absolute Gasteiger partial charge is 0.168 e. The molecule has 96 valence electrons. The Morgan fingerprint density at radius 2 is 2.06 bits per heavy atom. The van der Waals surface area contributed by atoms with Gasteiger partial charge >= 0.3 is 0 Å². The number of hydrogen-bond donors (Lipinski definition) is 1. The minimum absolute atomic E-state index is 0.149. The molecule has 0 radical (unpaired) electrons. The highest BCUT2D eigenvalue weighted by atomic mass is 32.2. The number of aromatic nitrogens is 2. The van der Waals surface area contributed by atoms with Crippen molar-refractivity contribution in [3.05, 3.63) is 12.1 Å². The van der Waals surface area contributed by atoms with E-state index in [0.29, 0.717) is 19.0 Å². The van der Waals surface area contributed by atoms with Gasteiger partial charge in [0.05, 0.1) is 17.6 Å². The van der Waals surface area contributed by atoms with Gasteiger partial charge in [0, 0.05) is 24.9 Å². The first-order valence-electron chi connectivity index (χ1n) is 5.79. The normalized spacial score (nSPS) is 14.1. The van der Waals surface area contributed by atoms with Gasteiger partial charge in [-0.25, -0.2) is 4.98 Å². The fourth-order valence-electron chi connectivity index (χ4n) is 1.97. The molecule has 1 aliphatic rings. The molecule has 1 aromatic carbocycles. The summed E-state index contributed by atoms with van der Waals surface area (Å²) in [6.45, 7) is 1.32. The Bertz CT molecular complexity index is 582. The molecule has 2 heterocycles. The van der Waals surface area contributed by atoms with Crippen molar-refractivity contribution in [3.8, 4) is 11.5 Å². The molecule has 0 unspecified atom stereocenters. The van der Waals surface area contributed by atoms with Crippen molar-refractivity contribution in [3.63, 3.8) is 0 Å². The molecule has 0 amide bonds. The van der Waals surface area contributed by atoms with Crippen LogP contribution in [-0.4, -0.2) is 40.2 Å². The quantitative estimate of drug-likeness (QED) is 0.852. The lowest BCUT2D eigenvalue weighted by molar-refractivity contribution is 0.172. The Kier molecular flexibility index (Phi) is 3.05. The molecule has 5 nitrogen and oxygen atoms in total. The summed E-state index contributed by atoms with van der Waals surface area (Å²) in [5.74, 6) is 2.17. The van der Waals surface area contributed by atoms with Crippen molar-refractivity contribution in [2.45, 2.75) is 5.16 Å². The number of rotatable bonds is 3.